The first kappa shape index (κ1) is 20.6. The normalized spacial score (nSPS) is 19.1. The zero-order valence-electron chi connectivity index (χ0n) is 13.6. The van der Waals surface area contributed by atoms with E-state index in [0.717, 1.165) is 12.1 Å². The maximum absolute atomic E-state index is 14.0. The van der Waals surface area contributed by atoms with Crippen LogP contribution in [0.15, 0.2) is 41.6 Å². The standard InChI is InChI=1S/C17H10Cl3F3N2O3/c18-10-4-9(5-11(19)6-10)16(17(21,22)23)7-14(25-28-16)8-1-2-12(20)13(3-8)24-15(26)27/h1-6,24H,7H2,(H,26,27). The van der Waals surface area contributed by atoms with Gasteiger partial charge in [0.05, 0.1) is 16.4 Å². The second-order valence-electron chi connectivity index (χ2n) is 5.91. The summed E-state index contributed by atoms with van der Waals surface area (Å²) in [6, 6.07) is 7.55. The molecule has 1 aliphatic heterocycles. The number of anilines is 1. The van der Waals surface area contributed by atoms with Gasteiger partial charge in [-0.15, -0.1) is 0 Å². The number of carbonyl (C=O) groups is 1. The summed E-state index contributed by atoms with van der Waals surface area (Å²) in [6.45, 7) is 0. The summed E-state index contributed by atoms with van der Waals surface area (Å²) in [5, 5.41) is 14.6. The van der Waals surface area contributed by atoms with Crippen LogP contribution in [0, 0.1) is 0 Å². The van der Waals surface area contributed by atoms with Crippen molar-refractivity contribution in [2.24, 2.45) is 5.16 Å². The van der Waals surface area contributed by atoms with Gasteiger partial charge in [-0.3, -0.25) is 5.32 Å². The number of benzene rings is 2. The third-order valence-electron chi connectivity index (χ3n) is 4.06. The van der Waals surface area contributed by atoms with Gasteiger partial charge in [0, 0.05) is 27.6 Å². The van der Waals surface area contributed by atoms with Crippen molar-refractivity contribution in [2.75, 3.05) is 5.32 Å². The molecule has 148 valence electrons. The van der Waals surface area contributed by atoms with Gasteiger partial charge in [0.1, 0.15) is 0 Å². The molecule has 1 atom stereocenters. The monoisotopic (exact) mass is 452 g/mol. The number of hydrogen-bond acceptors (Lipinski definition) is 3. The van der Waals surface area contributed by atoms with Gasteiger partial charge in [0.15, 0.2) is 0 Å². The van der Waals surface area contributed by atoms with Crippen LogP contribution < -0.4 is 5.32 Å². The summed E-state index contributed by atoms with van der Waals surface area (Å²) < 4.78 is 41.9. The van der Waals surface area contributed by atoms with Gasteiger partial charge in [0.25, 0.3) is 5.60 Å². The fraction of sp³-hybridized carbons (Fsp3) is 0.176. The van der Waals surface area contributed by atoms with Gasteiger partial charge in [-0.05, 0) is 30.3 Å². The largest absolute Gasteiger partial charge is 0.465 e. The van der Waals surface area contributed by atoms with Gasteiger partial charge in [-0.2, -0.15) is 13.2 Å². The lowest BCUT2D eigenvalue weighted by molar-refractivity contribution is -0.275. The van der Waals surface area contributed by atoms with E-state index in [9.17, 15) is 18.0 Å². The van der Waals surface area contributed by atoms with Gasteiger partial charge in [-0.1, -0.05) is 46.0 Å². The van der Waals surface area contributed by atoms with E-state index >= 15 is 0 Å². The van der Waals surface area contributed by atoms with E-state index in [-0.39, 0.29) is 37.6 Å². The first-order chi connectivity index (χ1) is 13.0. The van der Waals surface area contributed by atoms with Crippen molar-refractivity contribution in [3.63, 3.8) is 0 Å². The van der Waals surface area contributed by atoms with Crippen LogP contribution in [0.25, 0.3) is 0 Å². The molecule has 11 heteroatoms. The van der Waals surface area contributed by atoms with Gasteiger partial charge in [0.2, 0.25) is 0 Å². The summed E-state index contributed by atoms with van der Waals surface area (Å²) in [5.74, 6) is 0. The topological polar surface area (TPSA) is 70.9 Å². The SMILES string of the molecule is O=C(O)Nc1cc(C2=NOC(c3cc(Cl)cc(Cl)c3)(C(F)(F)F)C2)ccc1Cl. The Morgan fingerprint density at radius 1 is 1.14 bits per heavy atom. The van der Waals surface area contributed by atoms with Crippen molar-refractivity contribution in [3.8, 4) is 0 Å². The molecule has 0 saturated heterocycles. The lowest BCUT2D eigenvalue weighted by atomic mass is 9.86. The Morgan fingerprint density at radius 2 is 1.79 bits per heavy atom. The first-order valence-corrected chi connectivity index (χ1v) is 8.73. The third kappa shape index (κ3) is 3.85. The lowest BCUT2D eigenvalue weighted by Gasteiger charge is -2.29. The summed E-state index contributed by atoms with van der Waals surface area (Å²) in [6.07, 6.45) is -6.87. The smallest absolute Gasteiger partial charge is 0.435 e. The van der Waals surface area contributed by atoms with Crippen molar-refractivity contribution >= 4 is 52.3 Å². The first-order valence-electron chi connectivity index (χ1n) is 7.60. The van der Waals surface area contributed by atoms with Crippen LogP contribution in [-0.4, -0.2) is 23.1 Å². The highest BCUT2D eigenvalue weighted by Gasteiger charge is 2.62. The van der Waals surface area contributed by atoms with E-state index in [2.05, 4.69) is 10.5 Å². The molecule has 1 aliphatic rings. The van der Waals surface area contributed by atoms with E-state index in [0.29, 0.717) is 0 Å². The van der Waals surface area contributed by atoms with Crippen LogP contribution in [0.3, 0.4) is 0 Å². The molecule has 0 aromatic heterocycles. The number of carboxylic acid groups (broad SMARTS) is 1. The zero-order chi connectivity index (χ0) is 20.7. The predicted octanol–water partition coefficient (Wildman–Crippen LogP) is 6.32. The third-order valence-corrected chi connectivity index (χ3v) is 4.82. The molecule has 0 spiro atoms. The van der Waals surface area contributed by atoms with E-state index in [1.165, 1.54) is 24.3 Å². The van der Waals surface area contributed by atoms with E-state index < -0.39 is 24.3 Å². The lowest BCUT2D eigenvalue weighted by Crippen LogP contribution is -2.42. The van der Waals surface area contributed by atoms with Gasteiger partial charge in [-0.25, -0.2) is 4.79 Å². The molecule has 5 nitrogen and oxygen atoms in total. The van der Waals surface area contributed by atoms with E-state index in [1.807, 2.05) is 0 Å². The molecule has 1 amide bonds. The average molecular weight is 454 g/mol. The Balaban J connectivity index is 2.01. The Bertz CT molecular complexity index is 962. The molecule has 1 heterocycles. The molecule has 2 aromatic carbocycles. The number of hydrogen-bond donors (Lipinski definition) is 2. The van der Waals surface area contributed by atoms with Crippen molar-refractivity contribution in [3.05, 3.63) is 62.6 Å². The highest BCUT2D eigenvalue weighted by molar-refractivity contribution is 6.35. The molecule has 0 fully saturated rings. The minimum atomic E-state index is -4.83. The van der Waals surface area contributed by atoms with Crippen LogP contribution >= 0.6 is 34.8 Å². The molecule has 28 heavy (non-hydrogen) atoms. The summed E-state index contributed by atoms with van der Waals surface area (Å²) in [4.78, 5) is 15.7. The summed E-state index contributed by atoms with van der Waals surface area (Å²) in [5.41, 5.74) is -2.90. The molecule has 2 aromatic rings. The minimum Gasteiger partial charge on any atom is -0.465 e. The molecular formula is C17H10Cl3F3N2O3. The molecule has 2 N–H and O–H groups in total. The highest BCUT2D eigenvalue weighted by atomic mass is 35.5. The van der Waals surface area contributed by atoms with Gasteiger partial charge >= 0.3 is 12.3 Å². The van der Waals surface area contributed by atoms with Crippen molar-refractivity contribution in [1.82, 2.24) is 0 Å². The molecule has 1 unspecified atom stereocenters. The number of halogens is 6. The van der Waals surface area contributed by atoms with Crippen LogP contribution in [0.4, 0.5) is 23.7 Å². The number of nitrogens with zero attached hydrogens (tertiary/aromatic N) is 1. The predicted molar refractivity (Wildman–Crippen MR) is 99.5 cm³/mol. The fourth-order valence-corrected chi connectivity index (χ4v) is 3.45. The molecule has 0 aliphatic carbocycles. The quantitative estimate of drug-likeness (QED) is 0.571. The maximum Gasteiger partial charge on any atom is 0.435 e. The Morgan fingerprint density at radius 3 is 2.36 bits per heavy atom. The van der Waals surface area contributed by atoms with Crippen molar-refractivity contribution < 1.29 is 27.9 Å². The summed E-state index contributed by atoms with van der Waals surface area (Å²) >= 11 is 17.6. The Kier molecular flexibility index (Phi) is 5.40. The van der Waals surface area contributed by atoms with Gasteiger partial charge < -0.3 is 9.94 Å². The molecular weight excluding hydrogens is 444 g/mol. The van der Waals surface area contributed by atoms with E-state index in [4.69, 9.17) is 44.7 Å². The number of alkyl halides is 3. The average Bonchev–Trinajstić information content (AvgIpc) is 3.02. The van der Waals surface area contributed by atoms with Crippen molar-refractivity contribution in [1.29, 1.82) is 0 Å². The minimum absolute atomic E-state index is 0.00433. The van der Waals surface area contributed by atoms with Crippen LogP contribution in [0.2, 0.25) is 15.1 Å². The van der Waals surface area contributed by atoms with Crippen LogP contribution in [-0.2, 0) is 10.4 Å². The highest BCUT2D eigenvalue weighted by Crippen LogP contribution is 2.49. The molecule has 3 rings (SSSR count). The number of nitrogens with one attached hydrogen (secondary N) is 1. The number of oxime groups is 1. The molecule has 0 bridgehead atoms. The zero-order valence-corrected chi connectivity index (χ0v) is 15.9. The molecule has 0 saturated carbocycles. The summed E-state index contributed by atoms with van der Waals surface area (Å²) in [7, 11) is 0. The second-order valence-corrected chi connectivity index (χ2v) is 7.19. The van der Waals surface area contributed by atoms with E-state index in [1.54, 1.807) is 0 Å². The molecule has 0 radical (unpaired) electrons. The van der Waals surface area contributed by atoms with Crippen LogP contribution in [0.1, 0.15) is 17.5 Å². The Labute approximate surface area is 171 Å². The van der Waals surface area contributed by atoms with Crippen molar-refractivity contribution in [2.45, 2.75) is 18.2 Å². The number of rotatable bonds is 3. The van der Waals surface area contributed by atoms with Crippen LogP contribution in [0.5, 0.6) is 0 Å². The fourth-order valence-electron chi connectivity index (χ4n) is 2.76. The maximum atomic E-state index is 14.0. The Hall–Kier alpha value is -2.16. The number of amides is 1. The second kappa shape index (κ2) is 7.35.